The lowest BCUT2D eigenvalue weighted by Gasteiger charge is -1.95. The minimum Gasteiger partial charge on any atom is -0.241 e. The van der Waals surface area contributed by atoms with E-state index in [2.05, 4.69) is 4.98 Å². The Morgan fingerprint density at radius 1 is 1.38 bits per heavy atom. The van der Waals surface area contributed by atoms with Crippen LogP contribution in [0.2, 0.25) is 5.02 Å². The van der Waals surface area contributed by atoms with Crippen molar-refractivity contribution in [3.8, 4) is 10.6 Å². The molecule has 2 aromatic rings. The van der Waals surface area contributed by atoms with Crippen molar-refractivity contribution in [2.45, 2.75) is 6.92 Å². The van der Waals surface area contributed by atoms with Crippen LogP contribution in [0.25, 0.3) is 10.6 Å². The van der Waals surface area contributed by atoms with Crippen LogP contribution in [-0.2, 0) is 0 Å². The van der Waals surface area contributed by atoms with Crippen molar-refractivity contribution in [2.24, 2.45) is 0 Å². The van der Waals surface area contributed by atoms with Gasteiger partial charge in [-0.15, -0.1) is 11.3 Å². The normalized spacial score (nSPS) is 10.3. The maximum atomic E-state index is 5.88. The van der Waals surface area contributed by atoms with E-state index in [9.17, 15) is 0 Å². The van der Waals surface area contributed by atoms with Gasteiger partial charge < -0.3 is 0 Å². The topological polar surface area (TPSA) is 12.9 Å². The third-order valence-corrected chi connectivity index (χ3v) is 2.93. The lowest BCUT2D eigenvalue weighted by atomic mass is 10.2. The summed E-state index contributed by atoms with van der Waals surface area (Å²) in [5.41, 5.74) is 2.14. The van der Waals surface area contributed by atoms with E-state index in [1.54, 1.807) is 11.3 Å². The molecule has 0 saturated heterocycles. The largest absolute Gasteiger partial charge is 0.241 e. The summed E-state index contributed by atoms with van der Waals surface area (Å²) in [4.78, 5) is 4.38. The fraction of sp³-hybridized carbons (Fsp3) is 0.100. The van der Waals surface area contributed by atoms with Crippen molar-refractivity contribution in [3.05, 3.63) is 40.4 Å². The van der Waals surface area contributed by atoms with Gasteiger partial charge in [-0.3, -0.25) is 0 Å². The number of rotatable bonds is 1. The number of halogens is 1. The Labute approximate surface area is 86.0 Å². The van der Waals surface area contributed by atoms with Crippen LogP contribution in [0.1, 0.15) is 5.69 Å². The van der Waals surface area contributed by atoms with Crippen molar-refractivity contribution in [3.63, 3.8) is 0 Å². The molecule has 0 aliphatic heterocycles. The van der Waals surface area contributed by atoms with Crippen LogP contribution in [0, 0.1) is 6.92 Å². The molecule has 13 heavy (non-hydrogen) atoms. The van der Waals surface area contributed by atoms with Gasteiger partial charge in [0.1, 0.15) is 5.01 Å². The van der Waals surface area contributed by atoms with Gasteiger partial charge in [0.25, 0.3) is 0 Å². The quantitative estimate of drug-likeness (QED) is 0.697. The maximum Gasteiger partial charge on any atom is 0.123 e. The first-order chi connectivity index (χ1) is 6.25. The molecule has 3 heteroatoms. The molecule has 0 unspecified atom stereocenters. The smallest absolute Gasteiger partial charge is 0.123 e. The van der Waals surface area contributed by atoms with E-state index in [1.807, 2.05) is 36.6 Å². The van der Waals surface area contributed by atoms with E-state index in [-0.39, 0.29) is 0 Å². The van der Waals surface area contributed by atoms with Crippen molar-refractivity contribution in [1.82, 2.24) is 4.98 Å². The van der Waals surface area contributed by atoms with E-state index in [0.717, 1.165) is 21.3 Å². The molecular weight excluding hydrogens is 202 g/mol. The first kappa shape index (κ1) is 8.73. The molecule has 0 saturated carbocycles. The number of aromatic nitrogens is 1. The SMILES string of the molecule is Cc1csc(-c2cccc(Cl)c2)n1. The van der Waals surface area contributed by atoms with Crippen molar-refractivity contribution >= 4 is 22.9 Å². The fourth-order valence-electron chi connectivity index (χ4n) is 1.11. The van der Waals surface area contributed by atoms with Gasteiger partial charge in [0, 0.05) is 21.7 Å². The lowest BCUT2D eigenvalue weighted by Crippen LogP contribution is -1.76. The molecule has 0 fully saturated rings. The summed E-state index contributed by atoms with van der Waals surface area (Å²) in [6, 6.07) is 7.75. The Bertz CT molecular complexity index is 422. The number of hydrogen-bond donors (Lipinski definition) is 0. The zero-order valence-electron chi connectivity index (χ0n) is 7.12. The zero-order valence-corrected chi connectivity index (χ0v) is 8.69. The molecular formula is C10H8ClNS. The maximum absolute atomic E-state index is 5.88. The summed E-state index contributed by atoms with van der Waals surface area (Å²) in [6.07, 6.45) is 0. The van der Waals surface area contributed by atoms with Gasteiger partial charge in [-0.2, -0.15) is 0 Å². The van der Waals surface area contributed by atoms with Gasteiger partial charge in [0.05, 0.1) is 0 Å². The minimum atomic E-state index is 0.755. The molecule has 1 aromatic carbocycles. The van der Waals surface area contributed by atoms with E-state index < -0.39 is 0 Å². The fourth-order valence-corrected chi connectivity index (χ4v) is 2.09. The molecule has 1 aromatic heterocycles. The van der Waals surface area contributed by atoms with Crippen molar-refractivity contribution in [1.29, 1.82) is 0 Å². The first-order valence-corrected chi connectivity index (χ1v) is 5.19. The van der Waals surface area contributed by atoms with Gasteiger partial charge in [-0.05, 0) is 19.1 Å². The zero-order chi connectivity index (χ0) is 9.26. The van der Waals surface area contributed by atoms with Crippen LogP contribution >= 0.6 is 22.9 Å². The number of hydrogen-bond acceptors (Lipinski definition) is 2. The van der Waals surface area contributed by atoms with E-state index in [0.29, 0.717) is 0 Å². The second-order valence-corrected chi connectivity index (χ2v) is 4.10. The van der Waals surface area contributed by atoms with Crippen LogP contribution in [-0.4, -0.2) is 4.98 Å². The minimum absolute atomic E-state index is 0.755. The highest BCUT2D eigenvalue weighted by molar-refractivity contribution is 7.13. The number of benzene rings is 1. The van der Waals surface area contributed by atoms with Crippen molar-refractivity contribution in [2.75, 3.05) is 0 Å². The molecule has 0 spiro atoms. The molecule has 0 aliphatic carbocycles. The van der Waals surface area contributed by atoms with Gasteiger partial charge in [-0.25, -0.2) is 4.98 Å². The second-order valence-electron chi connectivity index (χ2n) is 2.80. The number of aryl methyl sites for hydroxylation is 1. The van der Waals surface area contributed by atoms with Gasteiger partial charge >= 0.3 is 0 Å². The van der Waals surface area contributed by atoms with Crippen LogP contribution in [0.5, 0.6) is 0 Å². The third-order valence-electron chi connectivity index (χ3n) is 1.69. The molecule has 2 rings (SSSR count). The highest BCUT2D eigenvalue weighted by atomic mass is 35.5. The Morgan fingerprint density at radius 3 is 2.85 bits per heavy atom. The van der Waals surface area contributed by atoms with Crippen LogP contribution in [0.15, 0.2) is 29.6 Å². The molecule has 0 amide bonds. The monoisotopic (exact) mass is 209 g/mol. The Balaban J connectivity index is 2.46. The summed E-state index contributed by atoms with van der Waals surface area (Å²) in [5.74, 6) is 0. The van der Waals surface area contributed by atoms with E-state index in [4.69, 9.17) is 11.6 Å². The first-order valence-electron chi connectivity index (χ1n) is 3.94. The highest BCUT2D eigenvalue weighted by Gasteiger charge is 2.01. The summed E-state index contributed by atoms with van der Waals surface area (Å²) >= 11 is 7.52. The predicted octanol–water partition coefficient (Wildman–Crippen LogP) is 3.77. The van der Waals surface area contributed by atoms with Crippen molar-refractivity contribution < 1.29 is 0 Å². The Hall–Kier alpha value is -0.860. The number of nitrogens with zero attached hydrogens (tertiary/aromatic N) is 1. The Morgan fingerprint density at radius 2 is 2.23 bits per heavy atom. The van der Waals surface area contributed by atoms with Crippen LogP contribution in [0.3, 0.4) is 0 Å². The molecule has 0 atom stereocenters. The van der Waals surface area contributed by atoms with Gasteiger partial charge in [-0.1, -0.05) is 23.7 Å². The average Bonchev–Trinajstić information content (AvgIpc) is 2.52. The molecule has 0 bridgehead atoms. The Kier molecular flexibility index (Phi) is 2.34. The molecule has 0 N–H and O–H groups in total. The van der Waals surface area contributed by atoms with E-state index in [1.165, 1.54) is 0 Å². The molecule has 66 valence electrons. The summed E-state index contributed by atoms with van der Waals surface area (Å²) < 4.78 is 0. The van der Waals surface area contributed by atoms with E-state index >= 15 is 0 Å². The summed E-state index contributed by atoms with van der Waals surface area (Å²) in [5, 5.41) is 3.82. The molecule has 0 radical (unpaired) electrons. The molecule has 1 heterocycles. The summed E-state index contributed by atoms with van der Waals surface area (Å²) in [6.45, 7) is 1.99. The molecule has 1 nitrogen and oxygen atoms in total. The predicted molar refractivity (Wildman–Crippen MR) is 57.3 cm³/mol. The third kappa shape index (κ3) is 1.90. The lowest BCUT2D eigenvalue weighted by molar-refractivity contribution is 1.27. The van der Waals surface area contributed by atoms with Crippen LogP contribution in [0.4, 0.5) is 0 Å². The van der Waals surface area contributed by atoms with Gasteiger partial charge in [0.15, 0.2) is 0 Å². The second kappa shape index (κ2) is 3.48. The summed E-state index contributed by atoms with van der Waals surface area (Å²) in [7, 11) is 0. The number of thiazole rings is 1. The average molecular weight is 210 g/mol. The van der Waals surface area contributed by atoms with Gasteiger partial charge in [0.2, 0.25) is 0 Å². The van der Waals surface area contributed by atoms with Crippen LogP contribution < -0.4 is 0 Å². The molecule has 0 aliphatic rings. The standard InChI is InChI=1S/C10H8ClNS/c1-7-6-13-10(12-7)8-3-2-4-9(11)5-8/h2-6H,1H3. The highest BCUT2D eigenvalue weighted by Crippen LogP contribution is 2.25.